The lowest BCUT2D eigenvalue weighted by molar-refractivity contribution is -0.137. The van der Waals surface area contributed by atoms with E-state index in [1.165, 1.54) is 6.42 Å². The molecule has 23 heavy (non-hydrogen) atoms. The first kappa shape index (κ1) is 22.4. The topological polar surface area (TPSA) is 69.9 Å². The van der Waals surface area contributed by atoms with Gasteiger partial charge in [0.25, 0.3) is 0 Å². The van der Waals surface area contributed by atoms with Gasteiger partial charge in [-0.2, -0.15) is 0 Å². The van der Waals surface area contributed by atoms with E-state index >= 15 is 0 Å². The van der Waals surface area contributed by atoms with Gasteiger partial charge >= 0.3 is 0 Å². The Morgan fingerprint density at radius 2 is 1.70 bits per heavy atom. The number of piperidine rings is 1. The average Bonchev–Trinajstić information content (AvgIpc) is 2.47. The highest BCUT2D eigenvalue weighted by Crippen LogP contribution is 2.17. The molecule has 0 aromatic carbocycles. The van der Waals surface area contributed by atoms with Crippen molar-refractivity contribution in [3.8, 4) is 0 Å². The predicted octanol–water partition coefficient (Wildman–Crippen LogP) is 0.722. The Labute approximate surface area is 151 Å². The molecule has 0 saturated carbocycles. The normalized spacial score (nSPS) is 23.5. The molecule has 8 heteroatoms. The van der Waals surface area contributed by atoms with Crippen molar-refractivity contribution in [1.29, 1.82) is 0 Å². The molecular weight excluding hydrogens is 339 g/mol. The van der Waals surface area contributed by atoms with E-state index in [0.717, 1.165) is 32.5 Å². The first-order valence-corrected chi connectivity index (χ1v) is 8.05. The van der Waals surface area contributed by atoms with Crippen LogP contribution in [0.15, 0.2) is 0 Å². The Balaban J connectivity index is 0.00000242. The Kier molecular flexibility index (Phi) is 10.1. The fraction of sp³-hybridized carbons (Fsp3) is 0.867. The van der Waals surface area contributed by atoms with Crippen LogP contribution in [0.5, 0.6) is 0 Å². The number of hydrogen-bond acceptors (Lipinski definition) is 4. The molecule has 0 bridgehead atoms. The summed E-state index contributed by atoms with van der Waals surface area (Å²) in [7, 11) is 0. The third-order valence-corrected chi connectivity index (χ3v) is 4.56. The van der Waals surface area contributed by atoms with Crippen LogP contribution < -0.4 is 5.73 Å². The highest BCUT2D eigenvalue weighted by molar-refractivity contribution is 5.85. The van der Waals surface area contributed by atoms with Crippen LogP contribution in [-0.4, -0.2) is 77.9 Å². The zero-order valence-corrected chi connectivity index (χ0v) is 15.7. The zero-order valence-electron chi connectivity index (χ0n) is 14.1. The van der Waals surface area contributed by atoms with Crippen LogP contribution in [0, 0.1) is 0 Å². The van der Waals surface area contributed by atoms with Crippen LogP contribution in [0.2, 0.25) is 0 Å². The number of carbonyl (C=O) groups excluding carboxylic acids is 2. The van der Waals surface area contributed by atoms with E-state index in [1.807, 2.05) is 4.90 Å². The standard InChI is InChI=1S/C15H28N4O2.2ClH/c1-12-5-3-4-6-19(12)14(20)11-17-7-9-18(10-8-17)15(21)13(2)16;;/h12-13H,3-11,16H2,1-2H3;2*1H/t12?,13-;;/m1../s1. The van der Waals surface area contributed by atoms with Crippen molar-refractivity contribution >= 4 is 36.6 Å². The Morgan fingerprint density at radius 1 is 1.09 bits per heavy atom. The summed E-state index contributed by atoms with van der Waals surface area (Å²) in [5.41, 5.74) is 5.63. The number of piperazine rings is 1. The number of rotatable bonds is 3. The summed E-state index contributed by atoms with van der Waals surface area (Å²) in [6.45, 7) is 8.07. The fourth-order valence-electron chi connectivity index (χ4n) is 3.17. The van der Waals surface area contributed by atoms with Crippen LogP contribution >= 0.6 is 24.8 Å². The number of nitrogens with two attached hydrogens (primary N) is 1. The molecule has 0 aromatic heterocycles. The molecule has 1 unspecified atom stereocenters. The second-order valence-corrected chi connectivity index (χ2v) is 6.32. The largest absolute Gasteiger partial charge is 0.339 e. The minimum absolute atomic E-state index is 0. The van der Waals surface area contributed by atoms with Gasteiger partial charge in [-0.3, -0.25) is 14.5 Å². The quantitative estimate of drug-likeness (QED) is 0.796. The monoisotopic (exact) mass is 368 g/mol. The Bertz CT molecular complexity index is 388. The predicted molar refractivity (Wildman–Crippen MR) is 96.2 cm³/mol. The van der Waals surface area contributed by atoms with E-state index in [1.54, 1.807) is 11.8 Å². The van der Waals surface area contributed by atoms with Gasteiger partial charge in [0.2, 0.25) is 11.8 Å². The third-order valence-electron chi connectivity index (χ3n) is 4.56. The third kappa shape index (κ3) is 6.10. The van der Waals surface area contributed by atoms with E-state index in [-0.39, 0.29) is 36.6 Å². The van der Waals surface area contributed by atoms with Gasteiger partial charge in [0.15, 0.2) is 0 Å². The van der Waals surface area contributed by atoms with E-state index < -0.39 is 6.04 Å². The highest BCUT2D eigenvalue weighted by atomic mass is 35.5. The van der Waals surface area contributed by atoms with Crippen LogP contribution in [0.25, 0.3) is 0 Å². The summed E-state index contributed by atoms with van der Waals surface area (Å²) >= 11 is 0. The molecule has 0 aliphatic carbocycles. The molecule has 2 N–H and O–H groups in total. The van der Waals surface area contributed by atoms with Crippen LogP contribution in [0.4, 0.5) is 0 Å². The molecule has 2 aliphatic heterocycles. The lowest BCUT2D eigenvalue weighted by Crippen LogP contribution is -2.55. The Hall–Kier alpha value is -0.560. The molecule has 2 amide bonds. The second-order valence-electron chi connectivity index (χ2n) is 6.32. The first-order chi connectivity index (χ1) is 9.99. The molecular formula is C15H30Cl2N4O2. The second kappa shape index (κ2) is 10.3. The molecule has 0 spiro atoms. The van der Waals surface area contributed by atoms with Crippen molar-refractivity contribution < 1.29 is 9.59 Å². The molecule has 2 aliphatic rings. The minimum atomic E-state index is -0.438. The smallest absolute Gasteiger partial charge is 0.239 e. The molecule has 136 valence electrons. The van der Waals surface area contributed by atoms with Gasteiger partial charge in [-0.25, -0.2) is 0 Å². The maximum atomic E-state index is 12.4. The molecule has 0 aromatic rings. The maximum Gasteiger partial charge on any atom is 0.239 e. The van der Waals surface area contributed by atoms with Gasteiger partial charge in [-0.1, -0.05) is 0 Å². The number of hydrogen-bond donors (Lipinski definition) is 1. The number of nitrogens with zero attached hydrogens (tertiary/aromatic N) is 3. The summed E-state index contributed by atoms with van der Waals surface area (Å²) in [4.78, 5) is 30.2. The van der Waals surface area contributed by atoms with E-state index in [9.17, 15) is 9.59 Å². The van der Waals surface area contributed by atoms with Crippen molar-refractivity contribution in [3.05, 3.63) is 0 Å². The zero-order chi connectivity index (χ0) is 15.4. The Morgan fingerprint density at radius 3 is 2.22 bits per heavy atom. The summed E-state index contributed by atoms with van der Waals surface area (Å²) in [6.07, 6.45) is 3.46. The number of halogens is 2. The van der Waals surface area contributed by atoms with E-state index in [2.05, 4.69) is 11.8 Å². The molecule has 0 radical (unpaired) electrons. The molecule has 2 fully saturated rings. The lowest BCUT2D eigenvalue weighted by atomic mass is 10.0. The van der Waals surface area contributed by atoms with Crippen molar-refractivity contribution in [2.24, 2.45) is 5.73 Å². The number of carbonyl (C=O) groups is 2. The first-order valence-electron chi connectivity index (χ1n) is 8.05. The number of likely N-dealkylation sites (tertiary alicyclic amines) is 1. The molecule has 6 nitrogen and oxygen atoms in total. The molecule has 2 saturated heterocycles. The molecule has 2 heterocycles. The van der Waals surface area contributed by atoms with Gasteiger partial charge in [-0.05, 0) is 33.1 Å². The van der Waals surface area contributed by atoms with Crippen molar-refractivity contribution in [2.45, 2.75) is 45.2 Å². The van der Waals surface area contributed by atoms with Crippen molar-refractivity contribution in [3.63, 3.8) is 0 Å². The van der Waals surface area contributed by atoms with Crippen LogP contribution in [0.1, 0.15) is 33.1 Å². The number of amides is 2. The maximum absolute atomic E-state index is 12.4. The highest BCUT2D eigenvalue weighted by Gasteiger charge is 2.27. The van der Waals surface area contributed by atoms with Crippen LogP contribution in [0.3, 0.4) is 0 Å². The van der Waals surface area contributed by atoms with Crippen molar-refractivity contribution in [1.82, 2.24) is 14.7 Å². The average molecular weight is 369 g/mol. The summed E-state index contributed by atoms with van der Waals surface area (Å²) in [5.74, 6) is 0.236. The van der Waals surface area contributed by atoms with E-state index in [4.69, 9.17) is 5.73 Å². The minimum Gasteiger partial charge on any atom is -0.339 e. The van der Waals surface area contributed by atoms with Gasteiger partial charge < -0.3 is 15.5 Å². The summed E-state index contributed by atoms with van der Waals surface area (Å²) in [6, 6.07) is -0.0698. The summed E-state index contributed by atoms with van der Waals surface area (Å²) < 4.78 is 0. The summed E-state index contributed by atoms with van der Waals surface area (Å²) in [5, 5.41) is 0. The van der Waals surface area contributed by atoms with Gasteiger partial charge in [0.05, 0.1) is 12.6 Å². The van der Waals surface area contributed by atoms with Crippen molar-refractivity contribution in [2.75, 3.05) is 39.3 Å². The SMILES string of the molecule is CC1CCCCN1C(=O)CN1CCN(C(=O)[C@@H](C)N)CC1.Cl.Cl. The van der Waals surface area contributed by atoms with Gasteiger partial charge in [0.1, 0.15) is 0 Å². The molecule has 2 rings (SSSR count). The fourth-order valence-corrected chi connectivity index (χ4v) is 3.17. The molecule has 2 atom stereocenters. The van der Waals surface area contributed by atoms with Crippen LogP contribution in [-0.2, 0) is 9.59 Å². The van der Waals surface area contributed by atoms with Gasteiger partial charge in [-0.15, -0.1) is 24.8 Å². The van der Waals surface area contributed by atoms with Gasteiger partial charge in [0, 0.05) is 38.8 Å². The van der Waals surface area contributed by atoms with E-state index in [0.29, 0.717) is 25.7 Å². The lowest BCUT2D eigenvalue weighted by Gasteiger charge is -2.38.